The summed E-state index contributed by atoms with van der Waals surface area (Å²) in [4.78, 5) is 1.07. The summed E-state index contributed by atoms with van der Waals surface area (Å²) in [6, 6.07) is 4.21. The third-order valence-electron chi connectivity index (χ3n) is 3.11. The molecule has 7 heteroatoms. The summed E-state index contributed by atoms with van der Waals surface area (Å²) in [6.45, 7) is 1.88. The monoisotopic (exact) mass is 318 g/mol. The molecule has 2 rings (SSSR count). The number of hydrogen-bond acceptors (Lipinski definition) is 5. The molecule has 0 amide bonds. The molecule has 1 aliphatic carbocycles. The minimum absolute atomic E-state index is 0.400. The minimum Gasteiger partial charge on any atom is -0.385 e. The van der Waals surface area contributed by atoms with Crippen molar-refractivity contribution in [2.75, 3.05) is 20.3 Å². The molecular weight excluding hydrogens is 296 g/mol. The van der Waals surface area contributed by atoms with E-state index >= 15 is 0 Å². The summed E-state index contributed by atoms with van der Waals surface area (Å²) in [5.41, 5.74) is 0. The molecule has 0 radical (unpaired) electrons. The fourth-order valence-electron chi connectivity index (χ4n) is 1.78. The van der Waals surface area contributed by atoms with Crippen LogP contribution in [0.3, 0.4) is 0 Å². The van der Waals surface area contributed by atoms with Gasteiger partial charge in [0.2, 0.25) is 10.0 Å². The zero-order valence-corrected chi connectivity index (χ0v) is 13.4. The summed E-state index contributed by atoms with van der Waals surface area (Å²) in [5, 5.41) is 3.39. The highest BCUT2D eigenvalue weighted by atomic mass is 32.2. The van der Waals surface area contributed by atoms with Gasteiger partial charge < -0.3 is 10.1 Å². The Labute approximate surface area is 124 Å². The molecule has 0 bridgehead atoms. The lowest BCUT2D eigenvalue weighted by Gasteiger charge is -2.04. The molecular formula is C13H22N2O3S2. The molecule has 1 saturated carbocycles. The van der Waals surface area contributed by atoms with Gasteiger partial charge in [-0.1, -0.05) is 0 Å². The number of ether oxygens (including phenoxy) is 1. The van der Waals surface area contributed by atoms with Gasteiger partial charge >= 0.3 is 0 Å². The fourth-order valence-corrected chi connectivity index (χ4v) is 4.20. The topological polar surface area (TPSA) is 67.4 Å². The van der Waals surface area contributed by atoms with Gasteiger partial charge in [-0.05, 0) is 37.8 Å². The van der Waals surface area contributed by atoms with E-state index < -0.39 is 10.0 Å². The molecule has 0 spiro atoms. The molecule has 0 atom stereocenters. The molecule has 0 aromatic carbocycles. The van der Waals surface area contributed by atoms with Gasteiger partial charge in [0.15, 0.2) is 0 Å². The van der Waals surface area contributed by atoms with Crippen LogP contribution in [0.4, 0.5) is 0 Å². The normalized spacial score (nSPS) is 15.7. The average molecular weight is 318 g/mol. The molecule has 2 N–H and O–H groups in total. The quantitative estimate of drug-likeness (QED) is 0.645. The van der Waals surface area contributed by atoms with Crippen molar-refractivity contribution in [3.8, 4) is 0 Å². The van der Waals surface area contributed by atoms with Crippen molar-refractivity contribution in [3.05, 3.63) is 17.0 Å². The van der Waals surface area contributed by atoms with Crippen LogP contribution >= 0.6 is 11.3 Å². The van der Waals surface area contributed by atoms with E-state index in [0.717, 1.165) is 24.3 Å². The number of rotatable bonds is 10. The van der Waals surface area contributed by atoms with Gasteiger partial charge in [-0.25, -0.2) is 13.1 Å². The first-order chi connectivity index (χ1) is 9.62. The van der Waals surface area contributed by atoms with Gasteiger partial charge in [-0.2, -0.15) is 0 Å². The average Bonchev–Trinajstić information content (AvgIpc) is 3.12. The second kappa shape index (κ2) is 7.51. The van der Waals surface area contributed by atoms with Gasteiger partial charge in [-0.3, -0.25) is 0 Å². The van der Waals surface area contributed by atoms with Crippen molar-refractivity contribution >= 4 is 21.4 Å². The van der Waals surface area contributed by atoms with Crippen LogP contribution in [0.1, 0.15) is 30.6 Å². The Morgan fingerprint density at radius 2 is 2.15 bits per heavy atom. The minimum atomic E-state index is -3.35. The number of methoxy groups -OCH3 is 1. The summed E-state index contributed by atoms with van der Waals surface area (Å²) in [5.74, 6) is 0. The molecule has 114 valence electrons. The van der Waals surface area contributed by atoms with E-state index in [-0.39, 0.29) is 0 Å². The molecule has 0 aliphatic heterocycles. The summed E-state index contributed by atoms with van der Waals surface area (Å²) in [7, 11) is -1.70. The molecule has 20 heavy (non-hydrogen) atoms. The first kappa shape index (κ1) is 15.9. The zero-order chi connectivity index (χ0) is 14.4. The summed E-state index contributed by atoms with van der Waals surface area (Å²) >= 11 is 1.34. The predicted molar refractivity (Wildman–Crippen MR) is 80.5 cm³/mol. The molecule has 5 nitrogen and oxygen atoms in total. The second-order valence-electron chi connectivity index (χ2n) is 4.97. The maximum atomic E-state index is 12.1. The molecule has 1 aromatic heterocycles. The number of thiophene rings is 1. The zero-order valence-electron chi connectivity index (χ0n) is 11.7. The highest BCUT2D eigenvalue weighted by Gasteiger charge is 2.21. The Hall–Kier alpha value is -0.470. The third kappa shape index (κ3) is 5.14. The van der Waals surface area contributed by atoms with Crippen LogP contribution in [-0.4, -0.2) is 34.7 Å². The van der Waals surface area contributed by atoms with Crippen molar-refractivity contribution in [2.24, 2.45) is 0 Å². The Kier molecular flexibility index (Phi) is 5.98. The Morgan fingerprint density at radius 3 is 2.85 bits per heavy atom. The van der Waals surface area contributed by atoms with Crippen LogP contribution in [-0.2, 0) is 21.3 Å². The molecule has 1 aliphatic rings. The van der Waals surface area contributed by atoms with Crippen LogP contribution in [0.25, 0.3) is 0 Å². The first-order valence-corrected chi connectivity index (χ1v) is 9.22. The highest BCUT2D eigenvalue weighted by molar-refractivity contribution is 7.91. The largest absolute Gasteiger partial charge is 0.385 e. The lowest BCUT2D eigenvalue weighted by atomic mass is 10.3. The van der Waals surface area contributed by atoms with E-state index in [4.69, 9.17) is 4.74 Å². The first-order valence-electron chi connectivity index (χ1n) is 6.92. The van der Waals surface area contributed by atoms with Crippen LogP contribution in [0.5, 0.6) is 0 Å². The predicted octanol–water partition coefficient (Wildman–Crippen LogP) is 1.70. The highest BCUT2D eigenvalue weighted by Crippen LogP contribution is 2.24. The lowest BCUT2D eigenvalue weighted by molar-refractivity contribution is 0.193. The van der Waals surface area contributed by atoms with Crippen molar-refractivity contribution < 1.29 is 13.2 Å². The Bertz CT molecular complexity index is 509. The molecule has 0 saturated heterocycles. The summed E-state index contributed by atoms with van der Waals surface area (Å²) in [6.07, 6.45) is 4.12. The third-order valence-corrected chi connectivity index (χ3v) is 6.15. The van der Waals surface area contributed by atoms with Crippen molar-refractivity contribution in [1.29, 1.82) is 0 Å². The van der Waals surface area contributed by atoms with Gasteiger partial charge in [-0.15, -0.1) is 11.3 Å². The van der Waals surface area contributed by atoms with Crippen LogP contribution in [0.2, 0.25) is 0 Å². The SMILES string of the molecule is COCCCCNS(=O)(=O)c1ccc(CNC2CC2)s1. The van der Waals surface area contributed by atoms with Gasteiger partial charge in [0.1, 0.15) is 4.21 Å². The van der Waals surface area contributed by atoms with E-state index in [0.29, 0.717) is 23.4 Å². The molecule has 1 heterocycles. The van der Waals surface area contributed by atoms with E-state index in [2.05, 4.69) is 10.0 Å². The lowest BCUT2D eigenvalue weighted by Crippen LogP contribution is -2.24. The standard InChI is InChI=1S/C13H22N2O3S2/c1-18-9-3-2-8-15-20(16,17)13-7-6-12(19-13)10-14-11-4-5-11/h6-7,11,14-15H,2-5,8-10H2,1H3. The number of unbranched alkanes of at least 4 members (excludes halogenated alkanes) is 1. The number of nitrogens with one attached hydrogen (secondary N) is 2. The molecule has 1 fully saturated rings. The number of hydrogen-bond donors (Lipinski definition) is 2. The van der Waals surface area contributed by atoms with Crippen LogP contribution in [0, 0.1) is 0 Å². The maximum absolute atomic E-state index is 12.1. The van der Waals surface area contributed by atoms with E-state index in [9.17, 15) is 8.42 Å². The van der Waals surface area contributed by atoms with Crippen molar-refractivity contribution in [2.45, 2.75) is 42.5 Å². The van der Waals surface area contributed by atoms with Crippen molar-refractivity contribution in [3.63, 3.8) is 0 Å². The molecule has 1 aromatic rings. The fraction of sp³-hybridized carbons (Fsp3) is 0.692. The smallest absolute Gasteiger partial charge is 0.250 e. The Morgan fingerprint density at radius 1 is 1.35 bits per heavy atom. The van der Waals surface area contributed by atoms with Gasteiger partial charge in [0.25, 0.3) is 0 Å². The number of sulfonamides is 1. The van der Waals surface area contributed by atoms with Crippen LogP contribution < -0.4 is 10.0 Å². The van der Waals surface area contributed by atoms with Gasteiger partial charge in [0.05, 0.1) is 0 Å². The van der Waals surface area contributed by atoms with Crippen LogP contribution in [0.15, 0.2) is 16.3 Å². The molecule has 0 unspecified atom stereocenters. The summed E-state index contributed by atoms with van der Waals surface area (Å²) < 4.78 is 32.1. The van der Waals surface area contributed by atoms with Gasteiger partial charge in [0, 0.05) is 37.7 Å². The second-order valence-corrected chi connectivity index (χ2v) is 8.14. The van der Waals surface area contributed by atoms with E-state index in [1.54, 1.807) is 13.2 Å². The van der Waals surface area contributed by atoms with Crippen molar-refractivity contribution in [1.82, 2.24) is 10.0 Å². The van der Waals surface area contributed by atoms with E-state index in [1.165, 1.54) is 24.2 Å². The maximum Gasteiger partial charge on any atom is 0.250 e. The van der Waals surface area contributed by atoms with E-state index in [1.807, 2.05) is 6.07 Å². The Balaban J connectivity index is 1.78.